The lowest BCUT2D eigenvalue weighted by molar-refractivity contribution is 0.0702. The second-order valence-electron chi connectivity index (χ2n) is 4.21. The summed E-state index contributed by atoms with van der Waals surface area (Å²) in [6.07, 6.45) is 2.07. The molecular formula is C14H12O3S. The van der Waals surface area contributed by atoms with E-state index in [2.05, 4.69) is 6.07 Å². The number of carboxylic acids is 1. The molecule has 0 unspecified atom stereocenters. The normalized spacial score (nSPS) is 13.8. The highest BCUT2D eigenvalue weighted by molar-refractivity contribution is 7.17. The van der Waals surface area contributed by atoms with Crippen LogP contribution in [0.5, 0.6) is 5.75 Å². The van der Waals surface area contributed by atoms with Gasteiger partial charge in [0, 0.05) is 10.4 Å². The molecule has 0 amide bonds. The Morgan fingerprint density at radius 2 is 2.17 bits per heavy atom. The van der Waals surface area contributed by atoms with Gasteiger partial charge in [-0.05, 0) is 36.6 Å². The topological polar surface area (TPSA) is 46.5 Å². The van der Waals surface area contributed by atoms with Crippen LogP contribution >= 0.6 is 11.3 Å². The van der Waals surface area contributed by atoms with E-state index in [1.807, 2.05) is 18.2 Å². The van der Waals surface area contributed by atoms with Gasteiger partial charge >= 0.3 is 5.97 Å². The second-order valence-corrected chi connectivity index (χ2v) is 5.30. The maximum absolute atomic E-state index is 10.9. The molecular weight excluding hydrogens is 248 g/mol. The summed E-state index contributed by atoms with van der Waals surface area (Å²) >= 11 is 1.29. The first-order chi connectivity index (χ1) is 8.75. The van der Waals surface area contributed by atoms with E-state index in [0.717, 1.165) is 35.6 Å². The molecule has 0 spiro atoms. The number of aromatic carboxylic acids is 1. The predicted molar refractivity (Wildman–Crippen MR) is 70.5 cm³/mol. The van der Waals surface area contributed by atoms with Crippen LogP contribution in [0, 0.1) is 0 Å². The molecule has 0 radical (unpaired) electrons. The Balaban J connectivity index is 2.08. The van der Waals surface area contributed by atoms with Gasteiger partial charge in [-0.3, -0.25) is 0 Å². The van der Waals surface area contributed by atoms with Crippen LogP contribution in [-0.2, 0) is 6.42 Å². The van der Waals surface area contributed by atoms with Gasteiger partial charge in [-0.1, -0.05) is 12.1 Å². The molecule has 1 aliphatic heterocycles. The van der Waals surface area contributed by atoms with E-state index in [-0.39, 0.29) is 0 Å². The zero-order valence-corrected chi connectivity index (χ0v) is 10.5. The van der Waals surface area contributed by atoms with Gasteiger partial charge in [0.15, 0.2) is 0 Å². The van der Waals surface area contributed by atoms with Crippen molar-refractivity contribution >= 4 is 17.3 Å². The molecule has 4 heteroatoms. The van der Waals surface area contributed by atoms with Crippen molar-refractivity contribution in [3.05, 3.63) is 40.8 Å². The third-order valence-corrected chi connectivity index (χ3v) is 4.12. The summed E-state index contributed by atoms with van der Waals surface area (Å²) in [6.45, 7) is 0.737. The monoisotopic (exact) mass is 260 g/mol. The van der Waals surface area contributed by atoms with Crippen molar-refractivity contribution in [2.75, 3.05) is 6.61 Å². The van der Waals surface area contributed by atoms with Crippen molar-refractivity contribution < 1.29 is 14.6 Å². The molecule has 1 aromatic carbocycles. The Morgan fingerprint density at radius 3 is 2.94 bits per heavy atom. The molecule has 0 fully saturated rings. The van der Waals surface area contributed by atoms with Gasteiger partial charge in [0.05, 0.1) is 6.61 Å². The molecule has 0 bridgehead atoms. The SMILES string of the molecule is O=C(O)c1ccc(-c2cccc3c2OCCC3)s1. The Kier molecular flexibility index (Phi) is 2.80. The standard InChI is InChI=1S/C14H12O3S/c15-14(16)12-7-6-11(18-12)10-5-1-3-9-4-2-8-17-13(9)10/h1,3,5-7H,2,4,8H2,(H,15,16). The first-order valence-electron chi connectivity index (χ1n) is 5.84. The fraction of sp³-hybridized carbons (Fsp3) is 0.214. The fourth-order valence-electron chi connectivity index (χ4n) is 2.18. The van der Waals surface area contributed by atoms with Crippen molar-refractivity contribution in [2.24, 2.45) is 0 Å². The van der Waals surface area contributed by atoms with Gasteiger partial charge in [-0.2, -0.15) is 0 Å². The van der Waals surface area contributed by atoms with Gasteiger partial charge in [0.1, 0.15) is 10.6 Å². The van der Waals surface area contributed by atoms with E-state index in [1.165, 1.54) is 16.9 Å². The molecule has 0 saturated heterocycles. The predicted octanol–water partition coefficient (Wildman–Crippen LogP) is 3.44. The zero-order valence-electron chi connectivity index (χ0n) is 9.68. The molecule has 0 aliphatic carbocycles. The molecule has 2 aromatic rings. The largest absolute Gasteiger partial charge is 0.493 e. The third-order valence-electron chi connectivity index (χ3n) is 3.02. The lowest BCUT2D eigenvalue weighted by atomic mass is 10.0. The summed E-state index contributed by atoms with van der Waals surface area (Å²) in [5.74, 6) is 0.0412. The van der Waals surface area contributed by atoms with Gasteiger partial charge in [0.2, 0.25) is 0 Å². The molecule has 92 valence electrons. The van der Waals surface area contributed by atoms with Crippen LogP contribution in [-0.4, -0.2) is 17.7 Å². The summed E-state index contributed by atoms with van der Waals surface area (Å²) in [7, 11) is 0. The van der Waals surface area contributed by atoms with Gasteiger partial charge < -0.3 is 9.84 Å². The number of carboxylic acid groups (broad SMARTS) is 1. The molecule has 0 atom stereocenters. The number of aryl methyl sites for hydroxylation is 1. The summed E-state index contributed by atoms with van der Waals surface area (Å²) in [4.78, 5) is 12.2. The van der Waals surface area contributed by atoms with Gasteiger partial charge in [-0.25, -0.2) is 4.79 Å². The summed E-state index contributed by atoms with van der Waals surface area (Å²) < 4.78 is 5.74. The molecule has 18 heavy (non-hydrogen) atoms. The van der Waals surface area contributed by atoms with Crippen LogP contribution in [0.3, 0.4) is 0 Å². The third kappa shape index (κ3) is 1.88. The molecule has 3 nitrogen and oxygen atoms in total. The van der Waals surface area contributed by atoms with Crippen molar-refractivity contribution in [1.29, 1.82) is 0 Å². The minimum Gasteiger partial charge on any atom is -0.493 e. The quantitative estimate of drug-likeness (QED) is 0.899. The Morgan fingerprint density at radius 1 is 1.28 bits per heavy atom. The Labute approximate surface area is 109 Å². The molecule has 2 heterocycles. The highest BCUT2D eigenvalue weighted by atomic mass is 32.1. The van der Waals surface area contributed by atoms with E-state index in [4.69, 9.17) is 9.84 Å². The average Bonchev–Trinajstić information content (AvgIpc) is 2.87. The molecule has 1 aromatic heterocycles. The van der Waals surface area contributed by atoms with Crippen LogP contribution in [0.2, 0.25) is 0 Å². The number of carbonyl (C=O) groups is 1. The number of fused-ring (bicyclic) bond motifs is 1. The lowest BCUT2D eigenvalue weighted by Gasteiger charge is -2.19. The van der Waals surface area contributed by atoms with E-state index in [0.29, 0.717) is 4.88 Å². The molecule has 1 aliphatic rings. The summed E-state index contributed by atoms with van der Waals surface area (Å²) in [5, 5.41) is 8.96. The Hall–Kier alpha value is -1.81. The highest BCUT2D eigenvalue weighted by Gasteiger charge is 2.17. The van der Waals surface area contributed by atoms with Gasteiger partial charge in [0.25, 0.3) is 0 Å². The van der Waals surface area contributed by atoms with Crippen LogP contribution in [0.4, 0.5) is 0 Å². The number of rotatable bonds is 2. The first-order valence-corrected chi connectivity index (χ1v) is 6.65. The number of ether oxygens (including phenoxy) is 1. The maximum atomic E-state index is 10.9. The average molecular weight is 260 g/mol. The smallest absolute Gasteiger partial charge is 0.345 e. The van der Waals surface area contributed by atoms with Crippen molar-refractivity contribution in [3.63, 3.8) is 0 Å². The van der Waals surface area contributed by atoms with E-state index in [9.17, 15) is 4.79 Å². The van der Waals surface area contributed by atoms with Crippen LogP contribution in [0.25, 0.3) is 10.4 Å². The fourth-order valence-corrected chi connectivity index (χ4v) is 3.05. The van der Waals surface area contributed by atoms with Crippen LogP contribution in [0.1, 0.15) is 21.7 Å². The maximum Gasteiger partial charge on any atom is 0.345 e. The van der Waals surface area contributed by atoms with E-state index < -0.39 is 5.97 Å². The highest BCUT2D eigenvalue weighted by Crippen LogP contribution is 2.39. The summed E-state index contributed by atoms with van der Waals surface area (Å²) in [6, 6.07) is 9.56. The minimum atomic E-state index is -0.878. The second kappa shape index (κ2) is 4.46. The molecule has 3 rings (SSSR count). The van der Waals surface area contributed by atoms with E-state index >= 15 is 0 Å². The van der Waals surface area contributed by atoms with Crippen LogP contribution in [0.15, 0.2) is 30.3 Å². The molecule has 0 saturated carbocycles. The van der Waals surface area contributed by atoms with Gasteiger partial charge in [-0.15, -0.1) is 11.3 Å². The van der Waals surface area contributed by atoms with Crippen molar-refractivity contribution in [2.45, 2.75) is 12.8 Å². The number of para-hydroxylation sites is 1. The van der Waals surface area contributed by atoms with Crippen molar-refractivity contribution in [1.82, 2.24) is 0 Å². The number of hydrogen-bond acceptors (Lipinski definition) is 3. The first kappa shape index (κ1) is 11.3. The summed E-state index contributed by atoms with van der Waals surface area (Å²) in [5.41, 5.74) is 2.22. The lowest BCUT2D eigenvalue weighted by Crippen LogP contribution is -2.08. The number of benzene rings is 1. The Bertz CT molecular complexity index is 601. The zero-order chi connectivity index (χ0) is 12.5. The van der Waals surface area contributed by atoms with E-state index in [1.54, 1.807) is 6.07 Å². The van der Waals surface area contributed by atoms with Crippen LogP contribution < -0.4 is 4.74 Å². The van der Waals surface area contributed by atoms with Crippen molar-refractivity contribution in [3.8, 4) is 16.2 Å². The number of thiophene rings is 1. The number of hydrogen-bond donors (Lipinski definition) is 1. The minimum absolute atomic E-state index is 0.360. The molecule has 1 N–H and O–H groups in total.